The molecule has 9 heteroatoms. The molecule has 0 fully saturated rings. The van der Waals surface area contributed by atoms with Crippen molar-refractivity contribution in [2.75, 3.05) is 23.3 Å². The minimum absolute atomic E-state index is 0.133. The van der Waals surface area contributed by atoms with Gasteiger partial charge in [-0.1, -0.05) is 45.9 Å². The Morgan fingerprint density at radius 2 is 1.48 bits per heavy atom. The number of nitrogens with zero attached hydrogens (tertiary/aromatic N) is 6. The van der Waals surface area contributed by atoms with Gasteiger partial charge in [-0.3, -0.25) is 10.1 Å². The third-order valence-corrected chi connectivity index (χ3v) is 4.62. The average Bonchev–Trinajstić information content (AvgIpc) is 2.78. The largest absolute Gasteiger partial charge is 0.353 e. The summed E-state index contributed by atoms with van der Waals surface area (Å²) < 4.78 is 0. The Morgan fingerprint density at radius 1 is 0.909 bits per heavy atom. The monoisotopic (exact) mass is 447 g/mol. The number of hydrogen-bond acceptors (Lipinski definition) is 8. The van der Waals surface area contributed by atoms with Crippen LogP contribution in [0.25, 0.3) is 0 Å². The molecule has 0 aliphatic carbocycles. The molecule has 0 amide bonds. The van der Waals surface area contributed by atoms with Gasteiger partial charge in [0.15, 0.2) is 0 Å². The van der Waals surface area contributed by atoms with Crippen LogP contribution in [-0.4, -0.2) is 28.0 Å². The Labute approximate surface area is 193 Å². The van der Waals surface area contributed by atoms with Crippen molar-refractivity contribution < 1.29 is 4.92 Å². The second-order valence-corrected chi connectivity index (χ2v) is 8.55. The van der Waals surface area contributed by atoms with Gasteiger partial charge in [0.05, 0.1) is 16.3 Å². The first-order valence-corrected chi connectivity index (χ1v) is 10.9. The SMILES string of the molecule is CC(C)CN(CC(C)C)c1ncnc(Nc2ccc(N=Nc3ccccc3)cc2)c1[N+](=O)[O-]. The minimum atomic E-state index is -0.423. The Bertz CT molecular complexity index is 1070. The fourth-order valence-electron chi connectivity index (χ4n) is 3.35. The first kappa shape index (κ1) is 23.8. The lowest BCUT2D eigenvalue weighted by Gasteiger charge is -2.27. The van der Waals surface area contributed by atoms with E-state index in [2.05, 4.69) is 53.2 Å². The minimum Gasteiger partial charge on any atom is -0.350 e. The molecule has 0 atom stereocenters. The summed E-state index contributed by atoms with van der Waals surface area (Å²) in [4.78, 5) is 22.0. The highest BCUT2D eigenvalue weighted by Crippen LogP contribution is 2.34. The van der Waals surface area contributed by atoms with Gasteiger partial charge in [0, 0.05) is 18.8 Å². The van der Waals surface area contributed by atoms with Crippen LogP contribution in [0.4, 0.5) is 34.4 Å². The van der Waals surface area contributed by atoms with Crippen LogP contribution < -0.4 is 10.2 Å². The molecule has 0 saturated heterocycles. The van der Waals surface area contributed by atoms with E-state index in [9.17, 15) is 10.1 Å². The number of anilines is 3. The molecule has 2 aromatic carbocycles. The number of rotatable bonds is 10. The maximum atomic E-state index is 12.0. The second kappa shape index (κ2) is 11.1. The van der Waals surface area contributed by atoms with Crippen LogP contribution in [0.5, 0.6) is 0 Å². The van der Waals surface area contributed by atoms with Crippen molar-refractivity contribution in [2.45, 2.75) is 27.7 Å². The highest BCUT2D eigenvalue weighted by atomic mass is 16.6. The van der Waals surface area contributed by atoms with E-state index in [4.69, 9.17) is 0 Å². The summed E-state index contributed by atoms with van der Waals surface area (Å²) in [6.07, 6.45) is 1.36. The summed E-state index contributed by atoms with van der Waals surface area (Å²) in [6.45, 7) is 9.64. The third kappa shape index (κ3) is 6.80. The molecule has 1 aromatic heterocycles. The van der Waals surface area contributed by atoms with Gasteiger partial charge >= 0.3 is 5.69 Å². The van der Waals surface area contributed by atoms with E-state index in [1.54, 1.807) is 24.3 Å². The zero-order chi connectivity index (χ0) is 23.8. The molecule has 1 N–H and O–H groups in total. The van der Waals surface area contributed by atoms with Crippen LogP contribution in [0.15, 0.2) is 71.2 Å². The molecule has 0 spiro atoms. The standard InChI is InChI=1S/C24H29N7O2/c1-17(2)14-30(15-18(3)4)24-22(31(32)33)23(25-16-26-24)27-19-10-12-21(13-11-19)29-28-20-8-6-5-7-9-20/h5-13,16-18H,14-15H2,1-4H3,(H,25,26,27). The van der Waals surface area contributed by atoms with E-state index < -0.39 is 4.92 Å². The number of benzene rings is 2. The molecule has 9 nitrogen and oxygen atoms in total. The van der Waals surface area contributed by atoms with Crippen molar-refractivity contribution in [2.24, 2.45) is 22.1 Å². The molecular weight excluding hydrogens is 418 g/mol. The van der Waals surface area contributed by atoms with Crippen molar-refractivity contribution in [3.63, 3.8) is 0 Å². The van der Waals surface area contributed by atoms with Crippen LogP contribution in [0.1, 0.15) is 27.7 Å². The van der Waals surface area contributed by atoms with Gasteiger partial charge in [-0.15, -0.1) is 0 Å². The molecule has 3 rings (SSSR count). The van der Waals surface area contributed by atoms with E-state index in [-0.39, 0.29) is 11.5 Å². The lowest BCUT2D eigenvalue weighted by Crippen LogP contribution is -2.32. The predicted octanol–water partition coefficient (Wildman–Crippen LogP) is 6.66. The molecule has 33 heavy (non-hydrogen) atoms. The van der Waals surface area contributed by atoms with Crippen LogP contribution in [0, 0.1) is 22.0 Å². The lowest BCUT2D eigenvalue weighted by molar-refractivity contribution is -0.383. The van der Waals surface area contributed by atoms with Gasteiger partial charge in [0.1, 0.15) is 6.33 Å². The Kier molecular flexibility index (Phi) is 8.01. The molecule has 3 aromatic rings. The quantitative estimate of drug-likeness (QED) is 0.211. The maximum Gasteiger partial charge on any atom is 0.353 e. The third-order valence-electron chi connectivity index (χ3n) is 4.62. The van der Waals surface area contributed by atoms with Crippen LogP contribution in [0.3, 0.4) is 0 Å². The van der Waals surface area contributed by atoms with E-state index >= 15 is 0 Å². The summed E-state index contributed by atoms with van der Waals surface area (Å²) in [5, 5.41) is 23.5. The normalized spacial score (nSPS) is 11.3. The molecule has 0 aliphatic rings. The summed E-state index contributed by atoms with van der Waals surface area (Å²) >= 11 is 0. The summed E-state index contributed by atoms with van der Waals surface area (Å²) in [5.41, 5.74) is 1.95. The molecule has 0 radical (unpaired) electrons. The molecular formula is C24H29N7O2. The summed E-state index contributed by atoms with van der Waals surface area (Å²) in [7, 11) is 0. The van der Waals surface area contributed by atoms with Gasteiger partial charge < -0.3 is 10.2 Å². The molecule has 0 aliphatic heterocycles. The van der Waals surface area contributed by atoms with Crippen molar-refractivity contribution >= 4 is 34.4 Å². The number of azo groups is 1. The molecule has 0 bridgehead atoms. The lowest BCUT2D eigenvalue weighted by atomic mass is 10.1. The van der Waals surface area contributed by atoms with E-state index in [0.29, 0.717) is 42.1 Å². The highest BCUT2D eigenvalue weighted by Gasteiger charge is 2.28. The fraction of sp³-hybridized carbons (Fsp3) is 0.333. The summed E-state index contributed by atoms with van der Waals surface area (Å²) in [6, 6.07) is 16.6. The van der Waals surface area contributed by atoms with E-state index in [1.807, 2.05) is 35.2 Å². The van der Waals surface area contributed by atoms with E-state index in [0.717, 1.165) is 5.69 Å². The maximum absolute atomic E-state index is 12.0. The Morgan fingerprint density at radius 3 is 2.03 bits per heavy atom. The van der Waals surface area contributed by atoms with Crippen molar-refractivity contribution in [3.8, 4) is 0 Å². The smallest absolute Gasteiger partial charge is 0.350 e. The van der Waals surface area contributed by atoms with Crippen molar-refractivity contribution in [1.29, 1.82) is 0 Å². The number of nitrogens with one attached hydrogen (secondary N) is 1. The van der Waals surface area contributed by atoms with E-state index in [1.165, 1.54) is 6.33 Å². The number of aromatic nitrogens is 2. The van der Waals surface area contributed by atoms with Crippen molar-refractivity contribution in [3.05, 3.63) is 71.0 Å². The van der Waals surface area contributed by atoms with Crippen molar-refractivity contribution in [1.82, 2.24) is 9.97 Å². The topological polar surface area (TPSA) is 109 Å². The molecule has 172 valence electrons. The van der Waals surface area contributed by atoms with Gasteiger partial charge in [0.2, 0.25) is 11.6 Å². The van der Waals surface area contributed by atoms with Crippen LogP contribution in [0.2, 0.25) is 0 Å². The zero-order valence-electron chi connectivity index (χ0n) is 19.3. The van der Waals surface area contributed by atoms with Gasteiger partial charge in [-0.25, -0.2) is 9.97 Å². The first-order valence-electron chi connectivity index (χ1n) is 10.9. The molecule has 0 unspecified atom stereocenters. The Hall–Kier alpha value is -3.88. The first-order chi connectivity index (χ1) is 15.8. The van der Waals surface area contributed by atoms with Crippen LogP contribution in [-0.2, 0) is 0 Å². The van der Waals surface area contributed by atoms with Gasteiger partial charge in [-0.05, 0) is 48.2 Å². The summed E-state index contributed by atoms with van der Waals surface area (Å²) in [5.74, 6) is 1.13. The van der Waals surface area contributed by atoms with Gasteiger partial charge in [-0.2, -0.15) is 10.2 Å². The molecule has 1 heterocycles. The number of nitro groups is 1. The average molecular weight is 448 g/mol. The zero-order valence-corrected chi connectivity index (χ0v) is 19.3. The fourth-order valence-corrected chi connectivity index (χ4v) is 3.35. The van der Waals surface area contributed by atoms with Crippen LogP contribution >= 0.6 is 0 Å². The Balaban J connectivity index is 1.85. The second-order valence-electron chi connectivity index (χ2n) is 8.55. The molecule has 0 saturated carbocycles. The van der Waals surface area contributed by atoms with Gasteiger partial charge in [0.25, 0.3) is 0 Å². The predicted molar refractivity (Wildman–Crippen MR) is 131 cm³/mol. The highest BCUT2D eigenvalue weighted by molar-refractivity contribution is 5.74. The number of hydrogen-bond donors (Lipinski definition) is 1.